The van der Waals surface area contributed by atoms with Crippen LogP contribution in [0.4, 0.5) is 10.1 Å². The Morgan fingerprint density at radius 3 is 2.92 bits per heavy atom. The van der Waals surface area contributed by atoms with Gasteiger partial charge in [-0.05, 0) is 55.7 Å². The molecule has 1 N–H and O–H groups in total. The van der Waals surface area contributed by atoms with E-state index in [0.717, 1.165) is 19.4 Å². The van der Waals surface area contributed by atoms with Gasteiger partial charge in [-0.3, -0.25) is 4.79 Å². The molecule has 1 aliphatic heterocycles. The van der Waals surface area contributed by atoms with Crippen LogP contribution < -0.4 is 10.1 Å². The van der Waals surface area contributed by atoms with Gasteiger partial charge in [-0.15, -0.1) is 0 Å². The van der Waals surface area contributed by atoms with Crippen LogP contribution in [0.1, 0.15) is 28.8 Å². The molecule has 1 aliphatic rings. The third-order valence-electron chi connectivity index (χ3n) is 4.02. The van der Waals surface area contributed by atoms with Crippen molar-refractivity contribution < 1.29 is 18.7 Å². The summed E-state index contributed by atoms with van der Waals surface area (Å²) in [5.41, 5.74) is 1.69. The summed E-state index contributed by atoms with van der Waals surface area (Å²) >= 11 is 0. The van der Waals surface area contributed by atoms with Crippen molar-refractivity contribution in [1.82, 2.24) is 0 Å². The zero-order chi connectivity index (χ0) is 16.9. The fourth-order valence-corrected chi connectivity index (χ4v) is 2.70. The number of halogens is 1. The van der Waals surface area contributed by atoms with Crippen LogP contribution in [0.5, 0.6) is 5.75 Å². The lowest BCUT2D eigenvalue weighted by Crippen LogP contribution is -2.19. The number of hydrogen-bond donors (Lipinski definition) is 1. The largest absolute Gasteiger partial charge is 0.490 e. The second-order valence-electron chi connectivity index (χ2n) is 5.86. The summed E-state index contributed by atoms with van der Waals surface area (Å²) in [6, 6.07) is 11.3. The number of hydrogen-bond acceptors (Lipinski definition) is 3. The smallest absolute Gasteiger partial charge is 0.259 e. The molecule has 2 aromatic rings. The second kappa shape index (κ2) is 7.45. The van der Waals surface area contributed by atoms with Crippen LogP contribution in [0.15, 0.2) is 42.5 Å². The summed E-state index contributed by atoms with van der Waals surface area (Å²) in [5, 5.41) is 2.81. The molecule has 0 aromatic heterocycles. The van der Waals surface area contributed by atoms with Crippen LogP contribution >= 0.6 is 0 Å². The Morgan fingerprint density at radius 2 is 2.17 bits per heavy atom. The second-order valence-corrected chi connectivity index (χ2v) is 5.86. The molecule has 1 amide bonds. The van der Waals surface area contributed by atoms with E-state index in [1.807, 2.05) is 6.07 Å². The normalized spacial score (nSPS) is 16.8. The van der Waals surface area contributed by atoms with E-state index >= 15 is 0 Å². The third-order valence-corrected chi connectivity index (χ3v) is 4.02. The van der Waals surface area contributed by atoms with E-state index in [1.165, 1.54) is 12.1 Å². The molecule has 4 nitrogen and oxygen atoms in total. The highest BCUT2D eigenvalue weighted by atomic mass is 19.1. The average Bonchev–Trinajstić information content (AvgIpc) is 3.09. The number of anilines is 1. The van der Waals surface area contributed by atoms with Crippen LogP contribution in [-0.4, -0.2) is 25.2 Å². The Kier molecular flexibility index (Phi) is 5.11. The number of benzene rings is 2. The lowest BCUT2D eigenvalue weighted by molar-refractivity contribution is 0.0673. The highest BCUT2D eigenvalue weighted by molar-refractivity contribution is 6.06. The molecule has 24 heavy (non-hydrogen) atoms. The van der Waals surface area contributed by atoms with Gasteiger partial charge in [0.2, 0.25) is 0 Å². The molecule has 0 aliphatic carbocycles. The van der Waals surface area contributed by atoms with Gasteiger partial charge in [0.15, 0.2) is 0 Å². The van der Waals surface area contributed by atoms with E-state index in [-0.39, 0.29) is 17.8 Å². The van der Waals surface area contributed by atoms with Gasteiger partial charge in [0, 0.05) is 12.3 Å². The van der Waals surface area contributed by atoms with Crippen molar-refractivity contribution in [2.75, 3.05) is 18.5 Å². The number of aryl methyl sites for hydroxylation is 1. The first-order chi connectivity index (χ1) is 11.6. The molecule has 0 saturated carbocycles. The van der Waals surface area contributed by atoms with Gasteiger partial charge in [-0.25, -0.2) is 4.39 Å². The monoisotopic (exact) mass is 329 g/mol. The zero-order valence-corrected chi connectivity index (χ0v) is 13.5. The van der Waals surface area contributed by atoms with E-state index in [2.05, 4.69) is 5.32 Å². The molecule has 5 heteroatoms. The summed E-state index contributed by atoms with van der Waals surface area (Å²) in [6.45, 7) is 2.94. The van der Waals surface area contributed by atoms with E-state index in [9.17, 15) is 9.18 Å². The first-order valence-corrected chi connectivity index (χ1v) is 8.04. The van der Waals surface area contributed by atoms with Gasteiger partial charge in [0.1, 0.15) is 18.2 Å². The number of amides is 1. The van der Waals surface area contributed by atoms with Crippen molar-refractivity contribution in [3.05, 3.63) is 59.4 Å². The lowest BCUT2D eigenvalue weighted by atomic mass is 10.1. The number of nitrogens with one attached hydrogen (secondary N) is 1. The summed E-state index contributed by atoms with van der Waals surface area (Å²) < 4.78 is 24.5. The molecule has 126 valence electrons. The highest BCUT2D eigenvalue weighted by Gasteiger charge is 2.18. The molecule has 3 rings (SSSR count). The number of carbonyl (C=O) groups excluding carboxylic acids is 1. The van der Waals surface area contributed by atoms with Gasteiger partial charge in [-0.2, -0.15) is 0 Å². The highest BCUT2D eigenvalue weighted by Crippen LogP contribution is 2.23. The van der Waals surface area contributed by atoms with Crippen LogP contribution in [0.3, 0.4) is 0 Å². The van der Waals surface area contributed by atoms with Crippen molar-refractivity contribution in [3.8, 4) is 5.75 Å². The minimum absolute atomic E-state index is 0.0838. The van der Waals surface area contributed by atoms with E-state index in [4.69, 9.17) is 9.47 Å². The fourth-order valence-electron chi connectivity index (χ4n) is 2.70. The molecular formula is C19H20FNO3. The predicted molar refractivity (Wildman–Crippen MR) is 90.0 cm³/mol. The summed E-state index contributed by atoms with van der Waals surface area (Å²) in [5.74, 6) is -0.0938. The number of carbonyl (C=O) groups is 1. The molecular weight excluding hydrogens is 309 g/mol. The molecule has 1 atom stereocenters. The number of rotatable bonds is 5. The molecule has 0 unspecified atom stereocenters. The minimum atomic E-state index is -0.328. The Balaban J connectivity index is 1.72. The van der Waals surface area contributed by atoms with Crippen LogP contribution in [0.25, 0.3) is 0 Å². The first-order valence-electron chi connectivity index (χ1n) is 8.04. The topological polar surface area (TPSA) is 47.6 Å². The van der Waals surface area contributed by atoms with Crippen LogP contribution in [0, 0.1) is 12.7 Å². The standard InChI is InChI=1S/C19H20FNO3/c1-13-11-14(20)8-9-17(13)21-19(22)16-6-2-3-7-18(16)24-12-15-5-4-10-23-15/h2-3,6-9,11,15H,4-5,10,12H2,1H3,(H,21,22)/t15-/m0/s1. The van der Waals surface area contributed by atoms with Gasteiger partial charge in [-0.1, -0.05) is 12.1 Å². The summed E-state index contributed by atoms with van der Waals surface area (Å²) in [4.78, 5) is 12.6. The minimum Gasteiger partial charge on any atom is -0.490 e. The van der Waals surface area contributed by atoms with Gasteiger partial charge < -0.3 is 14.8 Å². The molecule has 0 radical (unpaired) electrons. The van der Waals surface area contributed by atoms with Crippen molar-refractivity contribution >= 4 is 11.6 Å². The Bertz CT molecular complexity index is 726. The Labute approximate surface area is 140 Å². The molecule has 0 spiro atoms. The summed E-state index contributed by atoms with van der Waals surface area (Å²) in [6.07, 6.45) is 2.10. The number of para-hydroxylation sites is 1. The van der Waals surface area contributed by atoms with Crippen molar-refractivity contribution in [1.29, 1.82) is 0 Å². The third kappa shape index (κ3) is 3.92. The molecule has 1 fully saturated rings. The fraction of sp³-hybridized carbons (Fsp3) is 0.316. The van der Waals surface area contributed by atoms with E-state index in [0.29, 0.717) is 29.2 Å². The van der Waals surface area contributed by atoms with Gasteiger partial charge >= 0.3 is 0 Å². The number of ether oxygens (including phenoxy) is 2. The maximum atomic E-state index is 13.2. The molecule has 1 saturated heterocycles. The van der Waals surface area contributed by atoms with E-state index in [1.54, 1.807) is 31.2 Å². The van der Waals surface area contributed by atoms with Crippen LogP contribution in [-0.2, 0) is 4.74 Å². The maximum Gasteiger partial charge on any atom is 0.259 e. The molecule has 0 bridgehead atoms. The Hall–Kier alpha value is -2.40. The molecule has 2 aromatic carbocycles. The van der Waals surface area contributed by atoms with Crippen LogP contribution in [0.2, 0.25) is 0 Å². The van der Waals surface area contributed by atoms with Crippen molar-refractivity contribution in [3.63, 3.8) is 0 Å². The van der Waals surface area contributed by atoms with Gasteiger partial charge in [0.25, 0.3) is 5.91 Å². The quantitative estimate of drug-likeness (QED) is 0.904. The first kappa shape index (κ1) is 16.5. The predicted octanol–water partition coefficient (Wildman–Crippen LogP) is 3.94. The average molecular weight is 329 g/mol. The SMILES string of the molecule is Cc1cc(F)ccc1NC(=O)c1ccccc1OC[C@@H]1CCCO1. The lowest BCUT2D eigenvalue weighted by Gasteiger charge is -2.15. The van der Waals surface area contributed by atoms with Gasteiger partial charge in [0.05, 0.1) is 11.7 Å². The Morgan fingerprint density at radius 1 is 1.33 bits per heavy atom. The summed E-state index contributed by atoms with van der Waals surface area (Å²) in [7, 11) is 0. The van der Waals surface area contributed by atoms with Crippen molar-refractivity contribution in [2.24, 2.45) is 0 Å². The van der Waals surface area contributed by atoms with E-state index < -0.39 is 0 Å². The van der Waals surface area contributed by atoms with Crippen molar-refractivity contribution in [2.45, 2.75) is 25.9 Å². The zero-order valence-electron chi connectivity index (χ0n) is 13.5. The molecule has 1 heterocycles. The maximum absolute atomic E-state index is 13.2.